The van der Waals surface area contributed by atoms with Crippen molar-refractivity contribution in [2.24, 2.45) is 5.14 Å². The standard InChI is InChI=1S/C25H28N4O3S/c1-3-16-7-5-8-17(4-2)22(16)15-29-25(30)19-11-12-23(26)21(14-19)24(27)18-9-6-10-20(13-18)33(28,31)32/h5-14,27H,3-4,15,26H2,1-2H3,(H,29,30)(H2,28,31,32). The number of nitrogens with one attached hydrogen (secondary N) is 2. The number of benzene rings is 3. The Kier molecular flexibility index (Phi) is 7.30. The lowest BCUT2D eigenvalue weighted by atomic mass is 9.97. The average molecular weight is 465 g/mol. The molecule has 0 unspecified atom stereocenters. The third kappa shape index (κ3) is 5.47. The van der Waals surface area contributed by atoms with Crippen molar-refractivity contribution in [3.05, 3.63) is 94.0 Å². The smallest absolute Gasteiger partial charge is 0.251 e. The van der Waals surface area contributed by atoms with Crippen LogP contribution >= 0.6 is 0 Å². The Morgan fingerprint density at radius 2 is 1.58 bits per heavy atom. The van der Waals surface area contributed by atoms with Crippen LogP contribution in [0, 0.1) is 5.41 Å². The summed E-state index contributed by atoms with van der Waals surface area (Å²) in [5.41, 5.74) is 10.9. The molecule has 0 aliphatic carbocycles. The van der Waals surface area contributed by atoms with E-state index in [4.69, 9.17) is 16.3 Å². The summed E-state index contributed by atoms with van der Waals surface area (Å²) in [6.07, 6.45) is 1.75. The molecule has 0 aliphatic rings. The lowest BCUT2D eigenvalue weighted by molar-refractivity contribution is 0.0950. The highest BCUT2D eigenvalue weighted by molar-refractivity contribution is 7.89. The van der Waals surface area contributed by atoms with Crippen LogP contribution < -0.4 is 16.2 Å². The molecule has 0 heterocycles. The molecule has 3 rings (SSSR count). The van der Waals surface area contributed by atoms with E-state index in [1.54, 1.807) is 24.3 Å². The van der Waals surface area contributed by atoms with Crippen molar-refractivity contribution < 1.29 is 13.2 Å². The van der Waals surface area contributed by atoms with Gasteiger partial charge in [0, 0.05) is 28.9 Å². The van der Waals surface area contributed by atoms with Gasteiger partial charge < -0.3 is 11.1 Å². The second-order valence-corrected chi connectivity index (χ2v) is 9.26. The van der Waals surface area contributed by atoms with E-state index < -0.39 is 10.0 Å². The molecule has 8 heteroatoms. The van der Waals surface area contributed by atoms with Crippen molar-refractivity contribution in [2.75, 3.05) is 5.73 Å². The van der Waals surface area contributed by atoms with E-state index in [0.717, 1.165) is 18.4 Å². The number of nitrogens with two attached hydrogens (primary N) is 2. The van der Waals surface area contributed by atoms with Crippen molar-refractivity contribution >= 4 is 27.3 Å². The maximum absolute atomic E-state index is 12.9. The first-order valence-corrected chi connectivity index (χ1v) is 12.2. The first-order valence-electron chi connectivity index (χ1n) is 10.6. The number of nitrogen functional groups attached to an aromatic ring is 1. The van der Waals surface area contributed by atoms with Crippen LogP contribution in [0.2, 0.25) is 0 Å². The Bertz CT molecular complexity index is 1290. The normalized spacial score (nSPS) is 11.2. The molecule has 6 N–H and O–H groups in total. The molecule has 0 saturated carbocycles. The topological polar surface area (TPSA) is 139 Å². The molecule has 3 aromatic carbocycles. The van der Waals surface area contributed by atoms with Crippen LogP contribution in [0.5, 0.6) is 0 Å². The summed E-state index contributed by atoms with van der Waals surface area (Å²) in [5, 5.41) is 16.7. The number of amides is 1. The molecule has 172 valence electrons. The molecule has 3 aromatic rings. The number of hydrogen-bond acceptors (Lipinski definition) is 5. The van der Waals surface area contributed by atoms with Gasteiger partial charge in [0.15, 0.2) is 0 Å². The summed E-state index contributed by atoms with van der Waals surface area (Å²) in [5.74, 6) is -0.282. The van der Waals surface area contributed by atoms with Gasteiger partial charge in [-0.1, -0.05) is 44.2 Å². The van der Waals surface area contributed by atoms with Crippen LogP contribution in [0.1, 0.15) is 52.0 Å². The van der Waals surface area contributed by atoms with E-state index in [2.05, 4.69) is 31.3 Å². The molecular formula is C25H28N4O3S. The van der Waals surface area contributed by atoms with Crippen LogP contribution in [0.4, 0.5) is 5.69 Å². The minimum Gasteiger partial charge on any atom is -0.398 e. The fraction of sp³-hybridized carbons (Fsp3) is 0.200. The van der Waals surface area contributed by atoms with Gasteiger partial charge in [-0.25, -0.2) is 13.6 Å². The number of anilines is 1. The van der Waals surface area contributed by atoms with E-state index in [0.29, 0.717) is 28.9 Å². The number of sulfonamides is 1. The molecule has 0 saturated heterocycles. The molecule has 7 nitrogen and oxygen atoms in total. The molecule has 0 bridgehead atoms. The number of carbonyl (C=O) groups excluding carboxylic acids is 1. The Hall–Kier alpha value is -3.49. The van der Waals surface area contributed by atoms with Gasteiger partial charge in [-0.05, 0) is 59.9 Å². The van der Waals surface area contributed by atoms with Gasteiger partial charge in [0.25, 0.3) is 5.91 Å². The van der Waals surface area contributed by atoms with Gasteiger partial charge in [-0.15, -0.1) is 0 Å². The molecular weight excluding hydrogens is 436 g/mol. The minimum atomic E-state index is -3.91. The first-order chi connectivity index (χ1) is 15.7. The number of carbonyl (C=O) groups is 1. The Morgan fingerprint density at radius 1 is 0.939 bits per heavy atom. The Labute approximate surface area is 194 Å². The van der Waals surface area contributed by atoms with Crippen molar-refractivity contribution in [1.29, 1.82) is 5.41 Å². The van der Waals surface area contributed by atoms with Gasteiger partial charge >= 0.3 is 0 Å². The highest BCUT2D eigenvalue weighted by Gasteiger charge is 2.16. The van der Waals surface area contributed by atoms with Crippen molar-refractivity contribution in [2.45, 2.75) is 38.1 Å². The second kappa shape index (κ2) is 9.97. The lowest BCUT2D eigenvalue weighted by Crippen LogP contribution is -2.24. The largest absolute Gasteiger partial charge is 0.398 e. The highest BCUT2D eigenvalue weighted by atomic mass is 32.2. The average Bonchev–Trinajstić information content (AvgIpc) is 2.81. The van der Waals surface area contributed by atoms with Crippen molar-refractivity contribution in [3.63, 3.8) is 0 Å². The molecule has 0 fully saturated rings. The quantitative estimate of drug-likeness (QED) is 0.300. The minimum absolute atomic E-state index is 0.00255. The van der Waals surface area contributed by atoms with Gasteiger partial charge in [0.05, 0.1) is 10.6 Å². The third-order valence-corrected chi connectivity index (χ3v) is 6.50. The zero-order valence-electron chi connectivity index (χ0n) is 18.7. The van der Waals surface area contributed by atoms with Crippen LogP contribution in [-0.2, 0) is 29.4 Å². The second-order valence-electron chi connectivity index (χ2n) is 7.69. The maximum atomic E-state index is 12.9. The SMILES string of the molecule is CCc1cccc(CC)c1CNC(=O)c1ccc(N)c(C(=N)c2cccc(S(N)(=O)=O)c2)c1. The summed E-state index contributed by atoms with van der Waals surface area (Å²) in [6, 6.07) is 16.7. The van der Waals surface area contributed by atoms with Gasteiger partial charge in [0.1, 0.15) is 0 Å². The molecule has 0 radical (unpaired) electrons. The van der Waals surface area contributed by atoms with Crippen molar-refractivity contribution in [1.82, 2.24) is 5.32 Å². The Morgan fingerprint density at radius 3 is 2.18 bits per heavy atom. The van der Waals surface area contributed by atoms with E-state index >= 15 is 0 Å². The van der Waals surface area contributed by atoms with Gasteiger partial charge in [-0.3, -0.25) is 10.2 Å². The fourth-order valence-corrected chi connectivity index (χ4v) is 4.31. The monoisotopic (exact) mass is 464 g/mol. The zero-order chi connectivity index (χ0) is 24.2. The van der Waals surface area contributed by atoms with Gasteiger partial charge in [0.2, 0.25) is 10.0 Å². The molecule has 0 atom stereocenters. The summed E-state index contributed by atoms with van der Waals surface area (Å²) in [4.78, 5) is 12.8. The zero-order valence-corrected chi connectivity index (χ0v) is 19.5. The number of hydrogen-bond donors (Lipinski definition) is 4. The molecule has 0 aliphatic heterocycles. The van der Waals surface area contributed by atoms with Crippen LogP contribution in [0.25, 0.3) is 0 Å². The number of primary sulfonamides is 1. The van der Waals surface area contributed by atoms with Crippen molar-refractivity contribution in [3.8, 4) is 0 Å². The summed E-state index contributed by atoms with van der Waals surface area (Å²) in [7, 11) is -3.91. The van der Waals surface area contributed by atoms with E-state index in [9.17, 15) is 13.2 Å². The molecule has 33 heavy (non-hydrogen) atoms. The fourth-order valence-electron chi connectivity index (χ4n) is 3.75. The van der Waals surface area contributed by atoms with Gasteiger partial charge in [-0.2, -0.15) is 0 Å². The number of rotatable bonds is 8. The molecule has 0 spiro atoms. The predicted octanol–water partition coefficient (Wildman–Crippen LogP) is 3.39. The summed E-state index contributed by atoms with van der Waals surface area (Å²) < 4.78 is 23.3. The number of aryl methyl sites for hydroxylation is 2. The van der Waals surface area contributed by atoms with Crippen LogP contribution in [0.3, 0.4) is 0 Å². The van der Waals surface area contributed by atoms with E-state index in [1.807, 2.05) is 6.07 Å². The summed E-state index contributed by atoms with van der Waals surface area (Å²) >= 11 is 0. The Balaban J connectivity index is 1.86. The highest BCUT2D eigenvalue weighted by Crippen LogP contribution is 2.21. The molecule has 0 aromatic heterocycles. The van der Waals surface area contributed by atoms with E-state index in [-0.39, 0.29) is 16.5 Å². The van der Waals surface area contributed by atoms with Crippen LogP contribution in [-0.4, -0.2) is 20.0 Å². The first kappa shape index (κ1) is 24.2. The van der Waals surface area contributed by atoms with Crippen LogP contribution in [0.15, 0.2) is 65.6 Å². The maximum Gasteiger partial charge on any atom is 0.251 e. The molecule has 1 amide bonds. The lowest BCUT2D eigenvalue weighted by Gasteiger charge is -2.15. The van der Waals surface area contributed by atoms with E-state index in [1.165, 1.54) is 29.3 Å². The third-order valence-electron chi connectivity index (χ3n) is 5.59. The summed E-state index contributed by atoms with van der Waals surface area (Å²) in [6.45, 7) is 4.57. The predicted molar refractivity (Wildman–Crippen MR) is 131 cm³/mol.